The molecule has 1 N–H and O–H groups in total. The highest BCUT2D eigenvalue weighted by molar-refractivity contribution is 6.04. The van der Waals surface area contributed by atoms with Gasteiger partial charge in [0.05, 0.1) is 25.0 Å². The number of carbonyl (C=O) groups is 1. The van der Waals surface area contributed by atoms with Gasteiger partial charge in [-0.1, -0.05) is 23.8 Å². The molecule has 0 aromatic heterocycles. The zero-order chi connectivity index (χ0) is 23.9. The Morgan fingerprint density at radius 3 is 2.74 bits per heavy atom. The number of hydrazone groups is 1. The summed E-state index contributed by atoms with van der Waals surface area (Å²) in [5, 5.41) is 17.7. The molecule has 8 heteroatoms. The Hall–Kier alpha value is -3.42. The van der Waals surface area contributed by atoms with Crippen LogP contribution in [0.1, 0.15) is 55.8 Å². The molecule has 3 aliphatic heterocycles. The number of para-hydroxylation sites is 1. The van der Waals surface area contributed by atoms with Crippen LogP contribution in [0.3, 0.4) is 0 Å². The van der Waals surface area contributed by atoms with E-state index in [-0.39, 0.29) is 17.9 Å². The molecule has 1 fully saturated rings. The van der Waals surface area contributed by atoms with Crippen LogP contribution in [-0.2, 0) is 4.74 Å². The molecule has 180 valence electrons. The molecule has 3 heterocycles. The number of aromatic hydroxyl groups is 1. The van der Waals surface area contributed by atoms with Gasteiger partial charge in [-0.25, -0.2) is 9.80 Å². The Morgan fingerprint density at radius 1 is 1.21 bits per heavy atom. The average molecular weight is 466 g/mol. The minimum absolute atomic E-state index is 0.0480. The number of piperidine rings is 1. The minimum atomic E-state index is -0.713. The maximum atomic E-state index is 12.3. The first-order valence-electron chi connectivity index (χ1n) is 12.0. The Labute approximate surface area is 199 Å². The summed E-state index contributed by atoms with van der Waals surface area (Å²) >= 11 is 0. The van der Waals surface area contributed by atoms with E-state index in [0.29, 0.717) is 45.6 Å². The number of rotatable bonds is 4. The summed E-state index contributed by atoms with van der Waals surface area (Å²) in [5.74, 6) is 1.69. The van der Waals surface area contributed by atoms with Gasteiger partial charge in [0.2, 0.25) is 5.72 Å². The summed E-state index contributed by atoms with van der Waals surface area (Å²) in [6.45, 7) is 7.68. The molecule has 1 amide bonds. The minimum Gasteiger partial charge on any atom is -0.507 e. The number of aryl methyl sites for hydroxylation is 1. The van der Waals surface area contributed by atoms with E-state index in [0.717, 1.165) is 33.9 Å². The van der Waals surface area contributed by atoms with Gasteiger partial charge in [-0.15, -0.1) is 0 Å². The largest absolute Gasteiger partial charge is 0.507 e. The predicted octanol–water partition coefficient (Wildman–Crippen LogP) is 4.59. The fraction of sp³-hybridized carbons (Fsp3) is 0.462. The van der Waals surface area contributed by atoms with Crippen LogP contribution in [0.4, 0.5) is 4.79 Å². The first-order chi connectivity index (χ1) is 16.5. The van der Waals surface area contributed by atoms with Crippen molar-refractivity contribution in [1.82, 2.24) is 9.91 Å². The maximum Gasteiger partial charge on any atom is 0.409 e. The number of hydrogen-bond donors (Lipinski definition) is 1. The molecule has 1 spiro atoms. The van der Waals surface area contributed by atoms with Gasteiger partial charge in [0.1, 0.15) is 5.75 Å². The van der Waals surface area contributed by atoms with Gasteiger partial charge in [-0.3, -0.25) is 0 Å². The molecule has 2 aromatic carbocycles. The fourth-order valence-electron chi connectivity index (χ4n) is 5.17. The van der Waals surface area contributed by atoms with Crippen molar-refractivity contribution >= 4 is 11.8 Å². The molecule has 34 heavy (non-hydrogen) atoms. The maximum absolute atomic E-state index is 12.3. The number of likely N-dealkylation sites (tertiary alicyclic amines) is 1. The number of carbonyl (C=O) groups excluding carboxylic acids is 1. The Kier molecular flexibility index (Phi) is 5.75. The normalized spacial score (nSPS) is 20.3. The molecule has 1 atom stereocenters. The SMILES string of the molecule is CCOC(=O)N1CCC2(CC1)Oc1c(OCC)cccc1C1CC(c3cc(C)ccc3O)=NN12. The van der Waals surface area contributed by atoms with Crippen molar-refractivity contribution in [3.05, 3.63) is 53.1 Å². The van der Waals surface area contributed by atoms with Crippen molar-refractivity contribution in [2.24, 2.45) is 5.10 Å². The predicted molar refractivity (Wildman–Crippen MR) is 127 cm³/mol. The standard InChI is InChI=1S/C26H31N3O5/c1-4-32-23-8-6-7-18-21-16-20(19-15-17(3)9-10-22(19)30)27-29(21)26(34-24(18)23)11-13-28(14-12-26)25(31)33-5-2/h6-10,15,21,30H,4-5,11-14,16H2,1-3H3. The van der Waals surface area contributed by atoms with E-state index in [1.165, 1.54) is 0 Å². The number of amides is 1. The van der Waals surface area contributed by atoms with E-state index in [9.17, 15) is 9.90 Å². The highest BCUT2D eigenvalue weighted by atomic mass is 16.6. The van der Waals surface area contributed by atoms with Gasteiger partial charge in [0, 0.05) is 43.5 Å². The topological polar surface area (TPSA) is 83.8 Å². The lowest BCUT2D eigenvalue weighted by molar-refractivity contribution is -0.148. The third-order valence-electron chi connectivity index (χ3n) is 6.82. The van der Waals surface area contributed by atoms with Crippen molar-refractivity contribution in [1.29, 1.82) is 0 Å². The van der Waals surface area contributed by atoms with Crippen LogP contribution in [0.15, 0.2) is 41.5 Å². The van der Waals surface area contributed by atoms with E-state index in [1.807, 2.05) is 45.0 Å². The molecule has 1 unspecified atom stereocenters. The molecule has 2 aromatic rings. The Morgan fingerprint density at radius 2 is 2.00 bits per heavy atom. The first-order valence-corrected chi connectivity index (χ1v) is 12.0. The third kappa shape index (κ3) is 3.71. The lowest BCUT2D eigenvalue weighted by Gasteiger charge is -2.51. The van der Waals surface area contributed by atoms with Crippen LogP contribution in [0.5, 0.6) is 17.2 Å². The zero-order valence-electron chi connectivity index (χ0n) is 19.9. The van der Waals surface area contributed by atoms with Crippen LogP contribution in [0.25, 0.3) is 0 Å². The molecule has 0 aliphatic carbocycles. The molecule has 0 bridgehead atoms. The number of hydrogen-bond acceptors (Lipinski definition) is 7. The summed E-state index contributed by atoms with van der Waals surface area (Å²) in [6, 6.07) is 11.5. The first kappa shape index (κ1) is 22.4. The van der Waals surface area contributed by atoms with Gasteiger partial charge >= 0.3 is 6.09 Å². The molecule has 0 saturated carbocycles. The van der Waals surface area contributed by atoms with Gasteiger partial charge < -0.3 is 24.2 Å². The molecule has 1 saturated heterocycles. The van der Waals surface area contributed by atoms with Crippen molar-refractivity contribution in [3.63, 3.8) is 0 Å². The van der Waals surface area contributed by atoms with Crippen molar-refractivity contribution in [3.8, 4) is 17.2 Å². The number of phenolic OH excluding ortho intramolecular Hbond substituents is 1. The fourth-order valence-corrected chi connectivity index (χ4v) is 5.17. The Balaban J connectivity index is 1.54. The highest BCUT2D eigenvalue weighted by Gasteiger charge is 2.53. The molecule has 3 aliphatic rings. The van der Waals surface area contributed by atoms with Gasteiger partial charge in [0.25, 0.3) is 0 Å². The monoisotopic (exact) mass is 465 g/mol. The number of fused-ring (bicyclic) bond motifs is 4. The lowest BCUT2D eigenvalue weighted by atomic mass is 9.90. The van der Waals surface area contributed by atoms with Crippen molar-refractivity contribution < 1.29 is 24.1 Å². The number of ether oxygens (including phenoxy) is 3. The van der Waals surface area contributed by atoms with Crippen LogP contribution >= 0.6 is 0 Å². The Bertz CT molecular complexity index is 1120. The van der Waals surface area contributed by atoms with E-state index in [2.05, 4.69) is 11.1 Å². The summed E-state index contributed by atoms with van der Waals surface area (Å²) < 4.78 is 17.9. The number of phenols is 1. The second-order valence-electron chi connectivity index (χ2n) is 8.97. The van der Waals surface area contributed by atoms with Gasteiger partial charge in [0.15, 0.2) is 11.5 Å². The van der Waals surface area contributed by atoms with Crippen LogP contribution in [0, 0.1) is 6.92 Å². The summed E-state index contributed by atoms with van der Waals surface area (Å²) in [5.41, 5.74) is 2.95. The number of nitrogens with zero attached hydrogens (tertiary/aromatic N) is 3. The van der Waals surface area contributed by atoms with E-state index in [1.54, 1.807) is 11.0 Å². The summed E-state index contributed by atoms with van der Waals surface area (Å²) in [6.07, 6.45) is 1.51. The summed E-state index contributed by atoms with van der Waals surface area (Å²) in [7, 11) is 0. The third-order valence-corrected chi connectivity index (χ3v) is 6.82. The summed E-state index contributed by atoms with van der Waals surface area (Å²) in [4.78, 5) is 14.0. The smallest absolute Gasteiger partial charge is 0.409 e. The molecule has 8 nitrogen and oxygen atoms in total. The molecule has 5 rings (SSSR count). The van der Waals surface area contributed by atoms with E-state index >= 15 is 0 Å². The second-order valence-corrected chi connectivity index (χ2v) is 8.97. The van der Waals surface area contributed by atoms with Crippen molar-refractivity contribution in [2.45, 2.75) is 51.8 Å². The highest BCUT2D eigenvalue weighted by Crippen LogP contribution is 2.53. The van der Waals surface area contributed by atoms with Gasteiger partial charge in [-0.2, -0.15) is 5.10 Å². The quantitative estimate of drug-likeness (QED) is 0.711. The second kappa shape index (κ2) is 8.74. The van der Waals surface area contributed by atoms with Crippen LogP contribution in [0.2, 0.25) is 0 Å². The van der Waals surface area contributed by atoms with Crippen LogP contribution < -0.4 is 9.47 Å². The zero-order valence-corrected chi connectivity index (χ0v) is 19.9. The number of benzene rings is 2. The van der Waals surface area contributed by atoms with Crippen LogP contribution in [-0.4, -0.2) is 58.8 Å². The molecular weight excluding hydrogens is 434 g/mol. The lowest BCUT2D eigenvalue weighted by Crippen LogP contribution is -2.59. The van der Waals surface area contributed by atoms with E-state index in [4.69, 9.17) is 19.3 Å². The van der Waals surface area contributed by atoms with E-state index < -0.39 is 5.72 Å². The molecule has 0 radical (unpaired) electrons. The van der Waals surface area contributed by atoms with Crippen molar-refractivity contribution in [2.75, 3.05) is 26.3 Å². The average Bonchev–Trinajstić information content (AvgIpc) is 3.29. The van der Waals surface area contributed by atoms with Gasteiger partial charge in [-0.05, 0) is 39.0 Å². The molecular formula is C26H31N3O5.